The van der Waals surface area contributed by atoms with Crippen LogP contribution >= 0.6 is 0 Å². The van der Waals surface area contributed by atoms with E-state index in [0.29, 0.717) is 5.82 Å². The topological polar surface area (TPSA) is 72.7 Å². The number of carbonyl (C=O) groups excluding carboxylic acids is 1. The number of amides is 1. The number of benzene rings is 2. The molecule has 0 saturated heterocycles. The second kappa shape index (κ2) is 8.07. The smallest absolute Gasteiger partial charge is 0.247 e. The third-order valence-electron chi connectivity index (χ3n) is 4.34. The zero-order chi connectivity index (χ0) is 19.4. The first-order valence-corrected chi connectivity index (χ1v) is 8.86. The number of nitrogens with one attached hydrogen (secondary N) is 1. The standard InChI is InChI=1S/C20H22FN5O/c1-13(2)18(20(27)22-14(3)15-9-11-17(21)12-10-15)26-24-19(23-25-26)16-7-5-4-6-8-16/h4-14,18H,1-3H3,(H,22,27)/t14-,18-/m0/s1. The van der Waals surface area contributed by atoms with E-state index in [0.717, 1.165) is 11.1 Å². The van der Waals surface area contributed by atoms with Gasteiger partial charge in [-0.25, -0.2) is 4.39 Å². The van der Waals surface area contributed by atoms with Crippen molar-refractivity contribution >= 4 is 5.91 Å². The van der Waals surface area contributed by atoms with Gasteiger partial charge in [0.25, 0.3) is 0 Å². The largest absolute Gasteiger partial charge is 0.348 e. The Labute approximate surface area is 157 Å². The number of hydrogen-bond acceptors (Lipinski definition) is 4. The molecule has 0 aliphatic heterocycles. The second-order valence-corrected chi connectivity index (χ2v) is 6.77. The summed E-state index contributed by atoms with van der Waals surface area (Å²) in [6, 6.07) is 14.7. The van der Waals surface area contributed by atoms with Crippen molar-refractivity contribution in [2.24, 2.45) is 5.92 Å². The monoisotopic (exact) mass is 367 g/mol. The first-order chi connectivity index (χ1) is 13.0. The molecule has 0 saturated carbocycles. The third kappa shape index (κ3) is 4.36. The van der Waals surface area contributed by atoms with Crippen LogP contribution in [0.1, 0.15) is 38.4 Å². The summed E-state index contributed by atoms with van der Waals surface area (Å²) in [6.07, 6.45) is 0. The molecule has 0 radical (unpaired) electrons. The first-order valence-electron chi connectivity index (χ1n) is 8.86. The molecule has 1 N–H and O–H groups in total. The van der Waals surface area contributed by atoms with Crippen molar-refractivity contribution in [3.63, 3.8) is 0 Å². The number of nitrogens with zero attached hydrogens (tertiary/aromatic N) is 4. The van der Waals surface area contributed by atoms with Crippen LogP contribution in [0, 0.1) is 11.7 Å². The van der Waals surface area contributed by atoms with E-state index < -0.39 is 6.04 Å². The van der Waals surface area contributed by atoms with E-state index in [-0.39, 0.29) is 23.7 Å². The molecule has 1 amide bonds. The third-order valence-corrected chi connectivity index (χ3v) is 4.34. The van der Waals surface area contributed by atoms with Crippen molar-refractivity contribution < 1.29 is 9.18 Å². The number of hydrogen-bond donors (Lipinski definition) is 1. The maximum Gasteiger partial charge on any atom is 0.247 e. The highest BCUT2D eigenvalue weighted by Crippen LogP contribution is 2.21. The summed E-state index contributed by atoms with van der Waals surface area (Å²) in [6.45, 7) is 5.71. The van der Waals surface area contributed by atoms with E-state index in [1.807, 2.05) is 51.1 Å². The molecule has 2 aromatic carbocycles. The molecule has 0 fully saturated rings. The summed E-state index contributed by atoms with van der Waals surface area (Å²) >= 11 is 0. The van der Waals surface area contributed by atoms with Gasteiger partial charge >= 0.3 is 0 Å². The average Bonchev–Trinajstić information content (AvgIpc) is 3.12. The lowest BCUT2D eigenvalue weighted by Crippen LogP contribution is -2.38. The van der Waals surface area contributed by atoms with Crippen LogP contribution in [0.15, 0.2) is 54.6 Å². The number of aromatic nitrogens is 4. The van der Waals surface area contributed by atoms with Crippen molar-refractivity contribution in [1.29, 1.82) is 0 Å². The number of carbonyl (C=O) groups is 1. The number of tetrazole rings is 1. The maximum absolute atomic E-state index is 13.1. The predicted molar refractivity (Wildman–Crippen MR) is 100 cm³/mol. The molecule has 0 unspecified atom stereocenters. The summed E-state index contributed by atoms with van der Waals surface area (Å²) in [5.41, 5.74) is 1.66. The Morgan fingerprint density at radius 2 is 1.70 bits per heavy atom. The highest BCUT2D eigenvalue weighted by atomic mass is 19.1. The molecule has 6 nitrogen and oxygen atoms in total. The SMILES string of the molecule is CC(C)[C@@H](C(=O)N[C@@H](C)c1ccc(F)cc1)n1nnc(-c2ccccc2)n1. The van der Waals surface area contributed by atoms with E-state index in [9.17, 15) is 9.18 Å². The lowest BCUT2D eigenvalue weighted by atomic mass is 10.0. The fraction of sp³-hybridized carbons (Fsp3) is 0.300. The van der Waals surface area contributed by atoms with Crippen LogP contribution in [0.3, 0.4) is 0 Å². The van der Waals surface area contributed by atoms with Crippen LogP contribution in [0.25, 0.3) is 11.4 Å². The van der Waals surface area contributed by atoms with Gasteiger partial charge in [0.1, 0.15) is 5.82 Å². The van der Waals surface area contributed by atoms with Gasteiger partial charge < -0.3 is 5.32 Å². The van der Waals surface area contributed by atoms with Crippen molar-refractivity contribution in [3.8, 4) is 11.4 Å². The molecule has 2 atom stereocenters. The van der Waals surface area contributed by atoms with Crippen molar-refractivity contribution in [3.05, 3.63) is 66.0 Å². The van der Waals surface area contributed by atoms with E-state index in [2.05, 4.69) is 20.7 Å². The average molecular weight is 367 g/mol. The number of halogens is 1. The van der Waals surface area contributed by atoms with Gasteiger partial charge in [0.15, 0.2) is 6.04 Å². The molecule has 0 spiro atoms. The Kier molecular flexibility index (Phi) is 5.59. The molecule has 3 rings (SSSR count). The van der Waals surface area contributed by atoms with Crippen LogP contribution in [-0.4, -0.2) is 26.1 Å². The molecule has 0 aliphatic rings. The van der Waals surface area contributed by atoms with Crippen molar-refractivity contribution in [2.45, 2.75) is 32.9 Å². The summed E-state index contributed by atoms with van der Waals surface area (Å²) < 4.78 is 13.1. The van der Waals surface area contributed by atoms with E-state index in [1.165, 1.54) is 16.9 Å². The van der Waals surface area contributed by atoms with Crippen LogP contribution in [0.2, 0.25) is 0 Å². The van der Waals surface area contributed by atoms with Crippen molar-refractivity contribution in [1.82, 2.24) is 25.5 Å². The molecule has 0 bridgehead atoms. The summed E-state index contributed by atoms with van der Waals surface area (Å²) in [5.74, 6) is -0.0831. The van der Waals surface area contributed by atoms with Gasteiger partial charge in [-0.3, -0.25) is 4.79 Å². The van der Waals surface area contributed by atoms with Gasteiger partial charge in [-0.2, -0.15) is 4.80 Å². The minimum Gasteiger partial charge on any atom is -0.348 e. The van der Waals surface area contributed by atoms with E-state index >= 15 is 0 Å². The molecule has 0 aliphatic carbocycles. The van der Waals surface area contributed by atoms with Gasteiger partial charge in [0.05, 0.1) is 6.04 Å². The minimum atomic E-state index is -0.599. The fourth-order valence-corrected chi connectivity index (χ4v) is 2.85. The Morgan fingerprint density at radius 3 is 2.33 bits per heavy atom. The molecule has 140 valence electrons. The summed E-state index contributed by atoms with van der Waals surface area (Å²) in [7, 11) is 0. The van der Waals surface area contributed by atoms with Crippen LogP contribution in [-0.2, 0) is 4.79 Å². The van der Waals surface area contributed by atoms with Crippen LogP contribution < -0.4 is 5.32 Å². The minimum absolute atomic E-state index is 0.0387. The van der Waals surface area contributed by atoms with E-state index in [4.69, 9.17) is 0 Å². The Hall–Kier alpha value is -3.09. The molecular weight excluding hydrogens is 345 g/mol. The molecular formula is C20H22FN5O. The van der Waals surface area contributed by atoms with Crippen LogP contribution in [0.5, 0.6) is 0 Å². The predicted octanol–water partition coefficient (Wildman–Crippen LogP) is 3.55. The van der Waals surface area contributed by atoms with Gasteiger partial charge in [-0.05, 0) is 35.8 Å². The van der Waals surface area contributed by atoms with E-state index in [1.54, 1.807) is 12.1 Å². The lowest BCUT2D eigenvalue weighted by Gasteiger charge is -2.22. The first kappa shape index (κ1) is 18.7. The molecule has 27 heavy (non-hydrogen) atoms. The quantitative estimate of drug-likeness (QED) is 0.723. The highest BCUT2D eigenvalue weighted by molar-refractivity contribution is 5.80. The molecule has 1 aromatic heterocycles. The lowest BCUT2D eigenvalue weighted by molar-refractivity contribution is -0.127. The molecule has 1 heterocycles. The maximum atomic E-state index is 13.1. The highest BCUT2D eigenvalue weighted by Gasteiger charge is 2.28. The van der Waals surface area contributed by atoms with Crippen molar-refractivity contribution in [2.75, 3.05) is 0 Å². The second-order valence-electron chi connectivity index (χ2n) is 6.77. The van der Waals surface area contributed by atoms with Gasteiger partial charge in [0.2, 0.25) is 11.7 Å². The Balaban J connectivity index is 1.78. The molecule has 3 aromatic rings. The van der Waals surface area contributed by atoms with Gasteiger partial charge in [-0.1, -0.05) is 56.3 Å². The molecule has 7 heteroatoms. The zero-order valence-corrected chi connectivity index (χ0v) is 15.5. The summed E-state index contributed by atoms with van der Waals surface area (Å²) in [5, 5.41) is 15.5. The summed E-state index contributed by atoms with van der Waals surface area (Å²) in [4.78, 5) is 14.2. The Morgan fingerprint density at radius 1 is 1.04 bits per heavy atom. The zero-order valence-electron chi connectivity index (χ0n) is 15.5. The van der Waals surface area contributed by atoms with Gasteiger partial charge in [0, 0.05) is 5.56 Å². The Bertz CT molecular complexity index is 892. The number of rotatable bonds is 6. The normalized spacial score (nSPS) is 13.4. The van der Waals surface area contributed by atoms with Crippen LogP contribution in [0.4, 0.5) is 4.39 Å². The fourth-order valence-electron chi connectivity index (χ4n) is 2.85. The van der Waals surface area contributed by atoms with Gasteiger partial charge in [-0.15, -0.1) is 10.2 Å².